The van der Waals surface area contributed by atoms with Gasteiger partial charge in [-0.2, -0.15) is 0 Å². The van der Waals surface area contributed by atoms with Crippen molar-refractivity contribution in [2.75, 3.05) is 19.4 Å². The van der Waals surface area contributed by atoms with E-state index in [0.29, 0.717) is 17.9 Å². The van der Waals surface area contributed by atoms with Crippen LogP contribution in [-0.4, -0.2) is 45.2 Å². The first-order valence-electron chi connectivity index (χ1n) is 8.47. The van der Waals surface area contributed by atoms with Crippen LogP contribution in [0, 0.1) is 11.8 Å². The average Bonchev–Trinajstić information content (AvgIpc) is 2.85. The van der Waals surface area contributed by atoms with E-state index >= 15 is 0 Å². The summed E-state index contributed by atoms with van der Waals surface area (Å²) in [4.78, 5) is 0. The first kappa shape index (κ1) is 17.2. The summed E-state index contributed by atoms with van der Waals surface area (Å²) in [5, 5.41) is 3.57. The molecule has 2 aliphatic rings. The van der Waals surface area contributed by atoms with Crippen LogP contribution >= 0.6 is 0 Å². The fourth-order valence-corrected chi connectivity index (χ4v) is 5.29. The zero-order valence-electron chi connectivity index (χ0n) is 13.7. The third kappa shape index (κ3) is 4.42. The Morgan fingerprint density at radius 1 is 1.29 bits per heavy atom. The summed E-state index contributed by atoms with van der Waals surface area (Å²) < 4.78 is 29.6. The van der Waals surface area contributed by atoms with Crippen LogP contribution in [0.3, 0.4) is 0 Å². The summed E-state index contributed by atoms with van der Waals surface area (Å²) in [6.45, 7) is 6.19. The first-order chi connectivity index (χ1) is 9.93. The van der Waals surface area contributed by atoms with E-state index in [1.807, 2.05) is 0 Å². The lowest BCUT2D eigenvalue weighted by atomic mass is 9.76. The molecule has 0 aromatic carbocycles. The third-order valence-electron chi connectivity index (χ3n) is 5.31. The SMILES string of the molecule is CCCNC(C1CCCC(S(C)(=O)=O)C1)C1CCOC1C. The van der Waals surface area contributed by atoms with Crippen molar-refractivity contribution in [1.29, 1.82) is 0 Å². The van der Waals surface area contributed by atoms with E-state index in [1.54, 1.807) is 0 Å². The minimum absolute atomic E-state index is 0.139. The standard InChI is InChI=1S/C16H31NO3S/c1-4-9-17-16(15-8-10-20-12(15)2)13-6-5-7-14(11-13)21(3,18)19/h12-17H,4-11H2,1-3H3. The van der Waals surface area contributed by atoms with E-state index in [4.69, 9.17) is 4.74 Å². The third-order valence-corrected chi connectivity index (χ3v) is 6.95. The highest BCUT2D eigenvalue weighted by Gasteiger charge is 2.39. The van der Waals surface area contributed by atoms with Crippen LogP contribution < -0.4 is 5.32 Å². The van der Waals surface area contributed by atoms with Crippen molar-refractivity contribution >= 4 is 9.84 Å². The van der Waals surface area contributed by atoms with Crippen LogP contribution in [0.5, 0.6) is 0 Å². The van der Waals surface area contributed by atoms with Gasteiger partial charge in [0.25, 0.3) is 0 Å². The van der Waals surface area contributed by atoms with Crippen LogP contribution in [0.2, 0.25) is 0 Å². The van der Waals surface area contributed by atoms with Crippen molar-refractivity contribution in [2.24, 2.45) is 11.8 Å². The van der Waals surface area contributed by atoms with Crippen LogP contribution in [0.25, 0.3) is 0 Å². The largest absolute Gasteiger partial charge is 0.378 e. The molecule has 2 fully saturated rings. The van der Waals surface area contributed by atoms with E-state index in [2.05, 4.69) is 19.2 Å². The number of rotatable bonds is 6. The van der Waals surface area contributed by atoms with Crippen molar-refractivity contribution in [2.45, 2.75) is 69.8 Å². The van der Waals surface area contributed by atoms with Gasteiger partial charge in [0.05, 0.1) is 11.4 Å². The molecule has 1 heterocycles. The van der Waals surface area contributed by atoms with Gasteiger partial charge in [0.2, 0.25) is 0 Å². The molecule has 5 unspecified atom stereocenters. The lowest BCUT2D eigenvalue weighted by Crippen LogP contribution is -2.47. The summed E-state index contributed by atoms with van der Waals surface area (Å²) in [7, 11) is -2.91. The van der Waals surface area contributed by atoms with E-state index in [-0.39, 0.29) is 11.4 Å². The molecule has 0 aromatic heterocycles. The van der Waals surface area contributed by atoms with E-state index < -0.39 is 9.84 Å². The maximum absolute atomic E-state index is 11.9. The van der Waals surface area contributed by atoms with Gasteiger partial charge in [0, 0.05) is 24.8 Å². The number of ether oxygens (including phenoxy) is 1. The smallest absolute Gasteiger partial charge is 0.150 e. The molecule has 1 saturated carbocycles. The van der Waals surface area contributed by atoms with Gasteiger partial charge in [-0.15, -0.1) is 0 Å². The van der Waals surface area contributed by atoms with E-state index in [9.17, 15) is 8.42 Å². The lowest BCUT2D eigenvalue weighted by molar-refractivity contribution is 0.0815. The highest BCUT2D eigenvalue weighted by molar-refractivity contribution is 7.91. The van der Waals surface area contributed by atoms with E-state index in [0.717, 1.165) is 51.7 Å². The Kier molecular flexibility index (Phi) is 6.09. The quantitative estimate of drug-likeness (QED) is 0.817. The summed E-state index contributed by atoms with van der Waals surface area (Å²) in [6.07, 6.45) is 7.75. The topological polar surface area (TPSA) is 55.4 Å². The summed E-state index contributed by atoms with van der Waals surface area (Å²) in [5.41, 5.74) is 0. The van der Waals surface area contributed by atoms with Crippen LogP contribution in [0.4, 0.5) is 0 Å². The van der Waals surface area contributed by atoms with Crippen molar-refractivity contribution in [3.63, 3.8) is 0 Å². The molecule has 1 aliphatic carbocycles. The zero-order valence-corrected chi connectivity index (χ0v) is 14.5. The second kappa shape index (κ2) is 7.42. The number of sulfone groups is 1. The second-order valence-electron chi connectivity index (χ2n) is 6.89. The Hall–Kier alpha value is -0.130. The van der Waals surface area contributed by atoms with Crippen LogP contribution in [-0.2, 0) is 14.6 Å². The second-order valence-corrected chi connectivity index (χ2v) is 9.21. The summed E-state index contributed by atoms with van der Waals surface area (Å²) in [6, 6.07) is 0.409. The van der Waals surface area contributed by atoms with Gasteiger partial charge in [-0.25, -0.2) is 8.42 Å². The molecule has 0 aromatic rings. The molecular weight excluding hydrogens is 286 g/mol. The predicted molar refractivity (Wildman–Crippen MR) is 86.2 cm³/mol. The number of nitrogens with one attached hydrogen (secondary N) is 1. The van der Waals surface area contributed by atoms with Gasteiger partial charge in [-0.3, -0.25) is 0 Å². The summed E-state index contributed by atoms with van der Waals surface area (Å²) in [5.74, 6) is 0.999. The molecule has 2 rings (SSSR count). The molecule has 1 N–H and O–H groups in total. The molecule has 124 valence electrons. The van der Waals surface area contributed by atoms with Gasteiger partial charge >= 0.3 is 0 Å². The molecule has 1 aliphatic heterocycles. The van der Waals surface area contributed by atoms with E-state index in [1.165, 1.54) is 6.26 Å². The Balaban J connectivity index is 2.08. The molecule has 5 heteroatoms. The Morgan fingerprint density at radius 3 is 2.62 bits per heavy atom. The minimum atomic E-state index is -2.91. The maximum atomic E-state index is 11.9. The predicted octanol–water partition coefficient (Wildman–Crippen LogP) is 2.38. The van der Waals surface area contributed by atoms with Gasteiger partial charge in [0.1, 0.15) is 9.84 Å². The van der Waals surface area contributed by atoms with Gasteiger partial charge < -0.3 is 10.1 Å². The molecule has 21 heavy (non-hydrogen) atoms. The number of hydrogen-bond donors (Lipinski definition) is 1. The van der Waals surface area contributed by atoms with Crippen molar-refractivity contribution < 1.29 is 13.2 Å². The Labute approximate surface area is 129 Å². The molecule has 5 atom stereocenters. The fourth-order valence-electron chi connectivity index (χ4n) is 4.09. The molecule has 1 saturated heterocycles. The number of hydrogen-bond acceptors (Lipinski definition) is 4. The minimum Gasteiger partial charge on any atom is -0.378 e. The van der Waals surface area contributed by atoms with Gasteiger partial charge in [-0.1, -0.05) is 13.3 Å². The molecule has 0 amide bonds. The molecule has 0 radical (unpaired) electrons. The van der Waals surface area contributed by atoms with Gasteiger partial charge in [-0.05, 0) is 51.5 Å². The Bertz CT molecular complexity index is 423. The molecule has 4 nitrogen and oxygen atoms in total. The molecule has 0 spiro atoms. The average molecular weight is 317 g/mol. The lowest BCUT2D eigenvalue weighted by Gasteiger charge is -2.38. The normalized spacial score (nSPS) is 35.8. The highest BCUT2D eigenvalue weighted by Crippen LogP contribution is 2.36. The van der Waals surface area contributed by atoms with Gasteiger partial charge in [0.15, 0.2) is 0 Å². The highest BCUT2D eigenvalue weighted by atomic mass is 32.2. The molecular formula is C16H31NO3S. The van der Waals surface area contributed by atoms with Crippen LogP contribution in [0.15, 0.2) is 0 Å². The Morgan fingerprint density at radius 2 is 2.05 bits per heavy atom. The van der Waals surface area contributed by atoms with Crippen molar-refractivity contribution in [3.8, 4) is 0 Å². The van der Waals surface area contributed by atoms with Crippen molar-refractivity contribution in [3.05, 3.63) is 0 Å². The monoisotopic (exact) mass is 317 g/mol. The van der Waals surface area contributed by atoms with Crippen LogP contribution in [0.1, 0.15) is 52.4 Å². The first-order valence-corrected chi connectivity index (χ1v) is 10.4. The fraction of sp³-hybridized carbons (Fsp3) is 1.00. The zero-order chi connectivity index (χ0) is 15.5. The maximum Gasteiger partial charge on any atom is 0.150 e. The van der Waals surface area contributed by atoms with Crippen molar-refractivity contribution in [1.82, 2.24) is 5.32 Å². The molecule has 0 bridgehead atoms. The summed E-state index contributed by atoms with van der Waals surface area (Å²) >= 11 is 0.